The van der Waals surface area contributed by atoms with E-state index in [-0.39, 0.29) is 51.6 Å². The summed E-state index contributed by atoms with van der Waals surface area (Å²) in [5.41, 5.74) is 0.609. The number of carboxylic acids is 1. The molecule has 5 aliphatic carbocycles. The second-order valence-corrected chi connectivity index (χ2v) is 18.0. The number of hydrogen-bond acceptors (Lipinski definition) is 8. The van der Waals surface area contributed by atoms with Gasteiger partial charge in [0.25, 0.3) is 0 Å². The summed E-state index contributed by atoms with van der Waals surface area (Å²) >= 11 is 0. The van der Waals surface area contributed by atoms with Crippen LogP contribution in [0.5, 0.6) is 0 Å². The van der Waals surface area contributed by atoms with Gasteiger partial charge in [-0.15, -0.1) is 0 Å². The minimum atomic E-state index is -1.75. The van der Waals surface area contributed by atoms with Crippen LogP contribution in [0.4, 0.5) is 0 Å². The van der Waals surface area contributed by atoms with Crippen LogP contribution in [0.25, 0.3) is 0 Å². The van der Waals surface area contributed by atoms with Crippen molar-refractivity contribution >= 4 is 5.97 Å². The van der Waals surface area contributed by atoms with E-state index in [1.54, 1.807) is 0 Å². The number of carbonyl (C=O) groups is 1. The summed E-state index contributed by atoms with van der Waals surface area (Å²) < 4.78 is 11.9. The quantitative estimate of drug-likeness (QED) is 0.199. The standard InChI is InChI=1S/C36H58O9/c1-31(2)14-15-36(18-37)20(16-31)19-8-9-22-33(5)12-11-24(44-30-27(41)25(39)26(40)28(45-30)29(42)43)32(3,4)21(33)10-13-34(22,6)35(19,7)17-23(36)38/h8,20-28,30,37-41H,9-18H2,1-7H3,(H,42,43)/t20?,21?,22?,23-,24-,25-,26-,27+,28-,30-,33-,34+,35+,36+/m0/s1. The highest BCUT2D eigenvalue weighted by Gasteiger charge is 2.70. The van der Waals surface area contributed by atoms with Crippen LogP contribution in [0.3, 0.4) is 0 Å². The van der Waals surface area contributed by atoms with Crippen molar-refractivity contribution in [2.45, 2.75) is 149 Å². The highest BCUT2D eigenvalue weighted by atomic mass is 16.7. The van der Waals surface area contributed by atoms with Crippen molar-refractivity contribution in [3.8, 4) is 0 Å². The molecule has 1 saturated heterocycles. The summed E-state index contributed by atoms with van der Waals surface area (Å²) in [6.45, 7) is 16.4. The SMILES string of the molecule is CC1(C)CC[C@@]2(CO)C(C1)C1=CCC3[C@@]4(C)CC[C@H](O[C@H]5O[C@H](C(=O)O)[C@@H](O)[C@H](O)[C@H]5O)C(C)(C)C4CC[C@@]3(C)[C@]1(C)C[C@@H]2O. The van der Waals surface area contributed by atoms with Crippen molar-refractivity contribution in [2.75, 3.05) is 6.61 Å². The van der Waals surface area contributed by atoms with Crippen LogP contribution in [-0.2, 0) is 14.3 Å². The van der Waals surface area contributed by atoms with E-state index < -0.39 is 48.2 Å². The number of fused-ring (bicyclic) bond motifs is 7. The van der Waals surface area contributed by atoms with Crippen LogP contribution in [-0.4, -0.2) is 86.1 Å². The van der Waals surface area contributed by atoms with E-state index in [9.17, 15) is 35.4 Å². The second-order valence-electron chi connectivity index (χ2n) is 18.0. The lowest BCUT2D eigenvalue weighted by atomic mass is 9.33. The molecule has 0 aromatic rings. The first-order chi connectivity index (χ1) is 20.8. The fourth-order valence-electron chi connectivity index (χ4n) is 12.3. The Morgan fingerprint density at radius 3 is 2.22 bits per heavy atom. The van der Waals surface area contributed by atoms with Crippen LogP contribution in [0, 0.1) is 50.2 Å². The van der Waals surface area contributed by atoms with E-state index in [4.69, 9.17) is 9.47 Å². The second kappa shape index (κ2) is 10.7. The van der Waals surface area contributed by atoms with Crippen molar-refractivity contribution in [3.05, 3.63) is 11.6 Å². The van der Waals surface area contributed by atoms with Gasteiger partial charge in [0.15, 0.2) is 12.4 Å². The molecule has 0 spiro atoms. The topological polar surface area (TPSA) is 157 Å². The number of ether oxygens (including phenoxy) is 2. The number of allylic oxidation sites excluding steroid dienone is 2. The molecule has 0 amide bonds. The van der Waals surface area contributed by atoms with Crippen molar-refractivity contribution in [2.24, 2.45) is 50.2 Å². The van der Waals surface area contributed by atoms with Gasteiger partial charge < -0.3 is 40.1 Å². The molecular formula is C36H58O9. The van der Waals surface area contributed by atoms with E-state index in [0.29, 0.717) is 18.8 Å². The Hall–Kier alpha value is -1.07. The molecule has 4 saturated carbocycles. The predicted octanol–water partition coefficient (Wildman–Crippen LogP) is 4.03. The molecule has 6 rings (SSSR count). The molecule has 1 heterocycles. The van der Waals surface area contributed by atoms with E-state index in [1.165, 1.54) is 5.57 Å². The Kier molecular flexibility index (Phi) is 8.05. The average Bonchev–Trinajstić information content (AvgIpc) is 2.94. The Balaban J connectivity index is 1.30. The Morgan fingerprint density at radius 2 is 1.58 bits per heavy atom. The Morgan fingerprint density at radius 1 is 0.889 bits per heavy atom. The molecular weight excluding hydrogens is 576 g/mol. The normalized spacial score (nSPS) is 53.6. The molecule has 1 aliphatic heterocycles. The smallest absolute Gasteiger partial charge is 0.335 e. The van der Waals surface area contributed by atoms with Crippen molar-refractivity contribution < 1.29 is 44.9 Å². The molecule has 9 nitrogen and oxygen atoms in total. The zero-order chi connectivity index (χ0) is 33.1. The number of rotatable bonds is 4. The summed E-state index contributed by atoms with van der Waals surface area (Å²) in [7, 11) is 0. The fourth-order valence-corrected chi connectivity index (χ4v) is 12.3. The molecule has 45 heavy (non-hydrogen) atoms. The van der Waals surface area contributed by atoms with Crippen LogP contribution in [0.15, 0.2) is 11.6 Å². The third kappa shape index (κ3) is 4.61. The molecule has 14 atom stereocenters. The molecule has 3 unspecified atom stereocenters. The summed E-state index contributed by atoms with van der Waals surface area (Å²) in [5.74, 6) is -0.573. The Labute approximate surface area is 268 Å². The zero-order valence-electron chi connectivity index (χ0n) is 28.3. The van der Waals surface area contributed by atoms with Gasteiger partial charge in [-0.25, -0.2) is 4.79 Å². The number of carboxylic acid groups (broad SMARTS) is 1. The summed E-state index contributed by atoms with van der Waals surface area (Å²) in [6.07, 6.45) is 1.66. The van der Waals surface area contributed by atoms with Gasteiger partial charge in [-0.05, 0) is 103 Å². The lowest BCUT2D eigenvalue weighted by molar-refractivity contribution is -0.324. The van der Waals surface area contributed by atoms with Gasteiger partial charge in [-0.2, -0.15) is 0 Å². The number of aliphatic carboxylic acids is 1. The number of aliphatic hydroxyl groups is 5. The number of aliphatic hydroxyl groups excluding tert-OH is 5. The molecule has 6 aliphatic rings. The first-order valence-electron chi connectivity index (χ1n) is 17.4. The summed E-state index contributed by atoms with van der Waals surface area (Å²) in [6, 6.07) is 0. The van der Waals surface area contributed by atoms with Gasteiger partial charge in [0.2, 0.25) is 0 Å². The van der Waals surface area contributed by atoms with Gasteiger partial charge in [-0.1, -0.05) is 60.1 Å². The lowest BCUT2D eigenvalue weighted by Gasteiger charge is -2.72. The maximum absolute atomic E-state index is 11.9. The van der Waals surface area contributed by atoms with Crippen molar-refractivity contribution in [1.29, 1.82) is 0 Å². The summed E-state index contributed by atoms with van der Waals surface area (Å²) in [4.78, 5) is 11.7. The minimum absolute atomic E-state index is 0.0188. The summed E-state index contributed by atoms with van der Waals surface area (Å²) in [5, 5.41) is 63.5. The van der Waals surface area contributed by atoms with E-state index in [1.807, 2.05) is 0 Å². The van der Waals surface area contributed by atoms with Crippen LogP contribution >= 0.6 is 0 Å². The van der Waals surface area contributed by atoms with Gasteiger partial charge in [-0.3, -0.25) is 0 Å². The van der Waals surface area contributed by atoms with E-state index in [0.717, 1.165) is 44.9 Å². The van der Waals surface area contributed by atoms with Gasteiger partial charge in [0.1, 0.15) is 18.3 Å². The minimum Gasteiger partial charge on any atom is -0.479 e. The van der Waals surface area contributed by atoms with E-state index >= 15 is 0 Å². The first kappa shape index (κ1) is 33.8. The molecule has 0 radical (unpaired) electrons. The van der Waals surface area contributed by atoms with E-state index in [2.05, 4.69) is 54.5 Å². The molecule has 5 fully saturated rings. The first-order valence-corrected chi connectivity index (χ1v) is 17.4. The largest absolute Gasteiger partial charge is 0.479 e. The van der Waals surface area contributed by atoms with Crippen LogP contribution in [0.1, 0.15) is 106 Å². The van der Waals surface area contributed by atoms with Gasteiger partial charge in [0, 0.05) is 5.41 Å². The molecule has 256 valence electrons. The molecule has 0 aromatic carbocycles. The molecule has 0 aromatic heterocycles. The highest BCUT2D eigenvalue weighted by molar-refractivity contribution is 5.73. The Bertz CT molecular complexity index is 1210. The monoisotopic (exact) mass is 634 g/mol. The molecule has 0 bridgehead atoms. The zero-order valence-corrected chi connectivity index (χ0v) is 28.3. The maximum Gasteiger partial charge on any atom is 0.335 e. The average molecular weight is 635 g/mol. The lowest BCUT2D eigenvalue weighted by Crippen LogP contribution is -2.67. The van der Waals surface area contributed by atoms with Gasteiger partial charge >= 0.3 is 5.97 Å². The van der Waals surface area contributed by atoms with Crippen LogP contribution < -0.4 is 0 Å². The third-order valence-corrected chi connectivity index (χ3v) is 15.2. The fraction of sp³-hybridized carbons (Fsp3) is 0.917. The number of hydrogen-bond donors (Lipinski definition) is 6. The van der Waals surface area contributed by atoms with Crippen molar-refractivity contribution in [3.63, 3.8) is 0 Å². The maximum atomic E-state index is 11.9. The highest BCUT2D eigenvalue weighted by Crippen LogP contribution is 2.75. The third-order valence-electron chi connectivity index (χ3n) is 15.2. The van der Waals surface area contributed by atoms with Crippen LogP contribution in [0.2, 0.25) is 0 Å². The van der Waals surface area contributed by atoms with Gasteiger partial charge in [0.05, 0.1) is 18.8 Å². The molecule has 9 heteroatoms. The predicted molar refractivity (Wildman–Crippen MR) is 167 cm³/mol. The molecule has 6 N–H and O–H groups in total. The van der Waals surface area contributed by atoms with Crippen molar-refractivity contribution in [1.82, 2.24) is 0 Å².